The van der Waals surface area contributed by atoms with Crippen LogP contribution in [-0.4, -0.2) is 31.6 Å². The van der Waals surface area contributed by atoms with Crippen molar-refractivity contribution in [3.8, 4) is 5.75 Å². The van der Waals surface area contributed by atoms with E-state index in [0.717, 1.165) is 29.2 Å². The van der Waals surface area contributed by atoms with Gasteiger partial charge in [-0.3, -0.25) is 4.90 Å². The minimum Gasteiger partial charge on any atom is -0.496 e. The summed E-state index contributed by atoms with van der Waals surface area (Å²) in [6, 6.07) is 6.43. The van der Waals surface area contributed by atoms with E-state index >= 15 is 0 Å². The number of nitrogens with two attached hydrogens (primary N) is 1. The van der Waals surface area contributed by atoms with Crippen molar-refractivity contribution in [3.05, 3.63) is 28.2 Å². The van der Waals surface area contributed by atoms with Gasteiger partial charge < -0.3 is 10.5 Å². The third kappa shape index (κ3) is 3.54. The Kier molecular flexibility index (Phi) is 5.87. The molecule has 1 aliphatic heterocycles. The Bertz CT molecular complexity index is 438. The molecule has 2 unspecified atom stereocenters. The number of methoxy groups -OCH3 is 1. The zero-order chi connectivity index (χ0) is 14.5. The average molecular weight is 341 g/mol. The molecule has 3 nitrogen and oxygen atoms in total. The lowest BCUT2D eigenvalue weighted by Gasteiger charge is -2.28. The van der Waals surface area contributed by atoms with Gasteiger partial charge in [0.1, 0.15) is 5.75 Å². The Morgan fingerprint density at radius 3 is 2.95 bits per heavy atom. The molecular weight excluding hydrogens is 316 g/mol. The maximum Gasteiger partial charge on any atom is 0.123 e. The highest BCUT2D eigenvalue weighted by Gasteiger charge is 2.29. The summed E-state index contributed by atoms with van der Waals surface area (Å²) in [5.74, 6) is 1.76. The molecule has 2 atom stereocenters. The molecule has 0 amide bonds. The van der Waals surface area contributed by atoms with Crippen molar-refractivity contribution < 1.29 is 4.74 Å². The van der Waals surface area contributed by atoms with E-state index < -0.39 is 0 Å². The van der Waals surface area contributed by atoms with Crippen LogP contribution < -0.4 is 10.5 Å². The first-order valence-corrected chi connectivity index (χ1v) is 8.26. The van der Waals surface area contributed by atoms with E-state index in [1.54, 1.807) is 7.11 Å². The maximum absolute atomic E-state index is 6.07. The van der Waals surface area contributed by atoms with E-state index in [2.05, 4.69) is 33.8 Å². The van der Waals surface area contributed by atoms with Gasteiger partial charge in [-0.05, 0) is 43.5 Å². The largest absolute Gasteiger partial charge is 0.496 e. The van der Waals surface area contributed by atoms with Crippen LogP contribution in [-0.2, 0) is 0 Å². The lowest BCUT2D eigenvalue weighted by atomic mass is 10.0. The van der Waals surface area contributed by atoms with E-state index in [1.165, 1.54) is 24.8 Å². The van der Waals surface area contributed by atoms with Gasteiger partial charge in [0.25, 0.3) is 0 Å². The van der Waals surface area contributed by atoms with Gasteiger partial charge in [0.05, 0.1) is 13.2 Å². The van der Waals surface area contributed by atoms with Gasteiger partial charge in [0, 0.05) is 23.1 Å². The van der Waals surface area contributed by atoms with Gasteiger partial charge in [-0.1, -0.05) is 29.3 Å². The van der Waals surface area contributed by atoms with E-state index in [1.807, 2.05) is 12.1 Å². The standard InChI is InChI=1S/C16H25BrN2O/c1-3-4-12-7-8-19(11-12)15(10-18)14-9-13(17)5-6-16(14)20-2/h5-6,9,12,15H,3-4,7-8,10-11,18H2,1-2H3. The fourth-order valence-corrected chi connectivity index (χ4v) is 3.61. The zero-order valence-electron chi connectivity index (χ0n) is 12.4. The Labute approximate surface area is 130 Å². The van der Waals surface area contributed by atoms with Crippen LogP contribution >= 0.6 is 15.9 Å². The number of nitrogens with zero attached hydrogens (tertiary/aromatic N) is 1. The lowest BCUT2D eigenvalue weighted by Crippen LogP contribution is -2.32. The van der Waals surface area contributed by atoms with E-state index in [4.69, 9.17) is 10.5 Å². The second kappa shape index (κ2) is 7.43. The van der Waals surface area contributed by atoms with Crippen molar-refractivity contribution in [2.45, 2.75) is 32.2 Å². The summed E-state index contributed by atoms with van der Waals surface area (Å²) in [6.07, 6.45) is 3.88. The van der Waals surface area contributed by atoms with Gasteiger partial charge in [-0.2, -0.15) is 0 Å². The summed E-state index contributed by atoms with van der Waals surface area (Å²) in [5.41, 5.74) is 7.26. The fraction of sp³-hybridized carbons (Fsp3) is 0.625. The minimum atomic E-state index is 0.254. The summed E-state index contributed by atoms with van der Waals surface area (Å²) < 4.78 is 6.59. The molecular formula is C16H25BrN2O. The number of rotatable bonds is 6. The molecule has 1 saturated heterocycles. The molecule has 0 aliphatic carbocycles. The maximum atomic E-state index is 6.07. The zero-order valence-corrected chi connectivity index (χ0v) is 14.0. The summed E-state index contributed by atoms with van der Waals surface area (Å²) in [7, 11) is 1.73. The Balaban J connectivity index is 2.18. The topological polar surface area (TPSA) is 38.5 Å². The lowest BCUT2D eigenvalue weighted by molar-refractivity contribution is 0.234. The second-order valence-electron chi connectivity index (χ2n) is 5.58. The highest BCUT2D eigenvalue weighted by atomic mass is 79.9. The first-order chi connectivity index (χ1) is 9.69. The highest BCUT2D eigenvalue weighted by Crippen LogP contribution is 2.35. The van der Waals surface area contributed by atoms with E-state index in [0.29, 0.717) is 6.54 Å². The third-order valence-electron chi connectivity index (χ3n) is 4.23. The van der Waals surface area contributed by atoms with Gasteiger partial charge in [-0.15, -0.1) is 0 Å². The monoisotopic (exact) mass is 340 g/mol. The van der Waals surface area contributed by atoms with Gasteiger partial charge in [-0.25, -0.2) is 0 Å². The number of hydrogen-bond acceptors (Lipinski definition) is 3. The first kappa shape index (κ1) is 15.8. The molecule has 0 saturated carbocycles. The molecule has 0 radical (unpaired) electrons. The van der Waals surface area contributed by atoms with Crippen LogP contribution in [0.15, 0.2) is 22.7 Å². The van der Waals surface area contributed by atoms with Crippen molar-refractivity contribution in [1.82, 2.24) is 4.90 Å². The van der Waals surface area contributed by atoms with E-state index in [9.17, 15) is 0 Å². The number of benzene rings is 1. The van der Waals surface area contributed by atoms with Crippen LogP contribution in [0.25, 0.3) is 0 Å². The van der Waals surface area contributed by atoms with Crippen LogP contribution in [0.3, 0.4) is 0 Å². The Morgan fingerprint density at radius 1 is 1.50 bits per heavy atom. The summed E-state index contributed by atoms with van der Waals surface area (Å²) in [5, 5.41) is 0. The normalized spacial score (nSPS) is 21.1. The molecule has 1 aromatic rings. The molecule has 20 heavy (non-hydrogen) atoms. The van der Waals surface area contributed by atoms with Crippen molar-refractivity contribution in [3.63, 3.8) is 0 Å². The van der Waals surface area contributed by atoms with Gasteiger partial charge in [0.15, 0.2) is 0 Å². The predicted molar refractivity (Wildman–Crippen MR) is 87.1 cm³/mol. The molecule has 0 bridgehead atoms. The molecule has 1 aromatic carbocycles. The second-order valence-corrected chi connectivity index (χ2v) is 6.49. The smallest absolute Gasteiger partial charge is 0.123 e. The van der Waals surface area contributed by atoms with Crippen LogP contribution in [0.2, 0.25) is 0 Å². The van der Waals surface area contributed by atoms with Crippen LogP contribution in [0.4, 0.5) is 0 Å². The van der Waals surface area contributed by atoms with Gasteiger partial charge in [0.2, 0.25) is 0 Å². The number of halogens is 1. The highest BCUT2D eigenvalue weighted by molar-refractivity contribution is 9.10. The Hall–Kier alpha value is -0.580. The molecule has 0 aromatic heterocycles. The molecule has 1 aliphatic rings. The fourth-order valence-electron chi connectivity index (χ4n) is 3.23. The molecule has 2 rings (SSSR count). The molecule has 4 heteroatoms. The molecule has 1 fully saturated rings. The molecule has 0 spiro atoms. The van der Waals surface area contributed by atoms with Crippen molar-refractivity contribution in [2.75, 3.05) is 26.7 Å². The van der Waals surface area contributed by atoms with Crippen LogP contribution in [0.1, 0.15) is 37.8 Å². The number of ether oxygens (including phenoxy) is 1. The van der Waals surface area contributed by atoms with Crippen molar-refractivity contribution in [2.24, 2.45) is 11.7 Å². The number of likely N-dealkylation sites (tertiary alicyclic amines) is 1. The summed E-state index contributed by atoms with van der Waals surface area (Å²) >= 11 is 3.55. The summed E-state index contributed by atoms with van der Waals surface area (Å²) in [6.45, 7) is 5.19. The third-order valence-corrected chi connectivity index (χ3v) is 4.72. The van der Waals surface area contributed by atoms with Crippen LogP contribution in [0.5, 0.6) is 5.75 Å². The van der Waals surface area contributed by atoms with Crippen molar-refractivity contribution in [1.29, 1.82) is 0 Å². The Morgan fingerprint density at radius 2 is 2.30 bits per heavy atom. The van der Waals surface area contributed by atoms with Crippen LogP contribution in [0, 0.1) is 5.92 Å². The summed E-state index contributed by atoms with van der Waals surface area (Å²) in [4.78, 5) is 2.52. The predicted octanol–water partition coefficient (Wildman–Crippen LogP) is 3.58. The molecule has 1 heterocycles. The quantitative estimate of drug-likeness (QED) is 0.860. The SMILES string of the molecule is CCCC1CCN(C(CN)c2cc(Br)ccc2OC)C1. The molecule has 2 N–H and O–H groups in total. The van der Waals surface area contributed by atoms with E-state index in [-0.39, 0.29) is 6.04 Å². The average Bonchev–Trinajstić information content (AvgIpc) is 2.89. The minimum absolute atomic E-state index is 0.254. The van der Waals surface area contributed by atoms with Crippen molar-refractivity contribution >= 4 is 15.9 Å². The van der Waals surface area contributed by atoms with Gasteiger partial charge >= 0.3 is 0 Å². The molecule has 112 valence electrons. The number of hydrogen-bond donors (Lipinski definition) is 1. The first-order valence-electron chi connectivity index (χ1n) is 7.47.